The number of benzene rings is 1. The topological polar surface area (TPSA) is 12.0 Å². The average Bonchev–Trinajstić information content (AvgIpc) is 2.26. The number of aryl methyl sites for hydroxylation is 1. The second-order valence-corrected chi connectivity index (χ2v) is 4.28. The lowest BCUT2D eigenvalue weighted by Crippen LogP contribution is -2.18. The molecule has 0 amide bonds. The number of hydrogen-bond donors (Lipinski definition) is 1. The van der Waals surface area contributed by atoms with Crippen LogP contribution in [0.1, 0.15) is 37.3 Å². The van der Waals surface area contributed by atoms with Crippen LogP contribution in [0.2, 0.25) is 0 Å². The van der Waals surface area contributed by atoms with Crippen LogP contribution in [0.4, 0.5) is 4.39 Å². The molecule has 0 bridgehead atoms. The summed E-state index contributed by atoms with van der Waals surface area (Å²) in [5.41, 5.74) is 2.29. The highest BCUT2D eigenvalue weighted by molar-refractivity contribution is 5.26. The lowest BCUT2D eigenvalue weighted by molar-refractivity contribution is 0.612. The molecule has 0 saturated carbocycles. The average molecular weight is 223 g/mol. The van der Waals surface area contributed by atoms with Gasteiger partial charge in [0.25, 0.3) is 0 Å². The molecule has 90 valence electrons. The molecule has 0 saturated heterocycles. The number of unbranched alkanes of at least 4 members (excludes halogenated alkanes) is 2. The Morgan fingerprint density at radius 3 is 2.69 bits per heavy atom. The van der Waals surface area contributed by atoms with E-state index in [-0.39, 0.29) is 5.82 Å². The maximum atomic E-state index is 12.9. The van der Waals surface area contributed by atoms with Crippen molar-refractivity contribution in [3.8, 4) is 0 Å². The number of rotatable bonds is 7. The van der Waals surface area contributed by atoms with Gasteiger partial charge in [0.1, 0.15) is 5.82 Å². The molecule has 0 heterocycles. The molecule has 0 aliphatic heterocycles. The van der Waals surface area contributed by atoms with E-state index in [0.717, 1.165) is 25.1 Å². The minimum absolute atomic E-state index is 0.142. The second-order valence-electron chi connectivity index (χ2n) is 4.28. The van der Waals surface area contributed by atoms with Crippen molar-refractivity contribution >= 4 is 0 Å². The van der Waals surface area contributed by atoms with Gasteiger partial charge in [-0.2, -0.15) is 0 Å². The summed E-state index contributed by atoms with van der Waals surface area (Å²) in [5.74, 6) is -0.142. The zero-order chi connectivity index (χ0) is 11.8. The lowest BCUT2D eigenvalue weighted by atomic mass is 10.1. The third-order valence-electron chi connectivity index (χ3n) is 2.83. The van der Waals surface area contributed by atoms with Crippen molar-refractivity contribution in [1.29, 1.82) is 0 Å². The van der Waals surface area contributed by atoms with E-state index in [1.807, 2.05) is 13.0 Å². The Morgan fingerprint density at radius 1 is 1.19 bits per heavy atom. The third kappa shape index (κ3) is 4.75. The molecule has 1 N–H and O–H groups in total. The van der Waals surface area contributed by atoms with Crippen LogP contribution in [0.25, 0.3) is 0 Å². The Kier molecular flexibility index (Phi) is 6.09. The fourth-order valence-electron chi connectivity index (χ4n) is 1.79. The summed E-state index contributed by atoms with van der Waals surface area (Å²) in [6, 6.07) is 5.03. The molecule has 0 spiro atoms. The van der Waals surface area contributed by atoms with Gasteiger partial charge in [-0.3, -0.25) is 0 Å². The summed E-state index contributed by atoms with van der Waals surface area (Å²) < 4.78 is 12.9. The van der Waals surface area contributed by atoms with Crippen molar-refractivity contribution in [2.24, 2.45) is 0 Å². The van der Waals surface area contributed by atoms with E-state index >= 15 is 0 Å². The van der Waals surface area contributed by atoms with Crippen LogP contribution in [0, 0.1) is 12.7 Å². The van der Waals surface area contributed by atoms with E-state index in [1.54, 1.807) is 12.1 Å². The van der Waals surface area contributed by atoms with E-state index < -0.39 is 0 Å². The van der Waals surface area contributed by atoms with E-state index in [0.29, 0.717) is 0 Å². The zero-order valence-electron chi connectivity index (χ0n) is 10.4. The second kappa shape index (κ2) is 7.39. The first kappa shape index (κ1) is 13.2. The Morgan fingerprint density at radius 2 is 2.00 bits per heavy atom. The van der Waals surface area contributed by atoms with Crippen molar-refractivity contribution < 1.29 is 4.39 Å². The molecule has 1 rings (SSSR count). The normalized spacial score (nSPS) is 10.7. The largest absolute Gasteiger partial charge is 0.316 e. The minimum Gasteiger partial charge on any atom is -0.316 e. The van der Waals surface area contributed by atoms with Crippen LogP contribution in [-0.4, -0.2) is 13.1 Å². The molecule has 0 aliphatic carbocycles. The molecule has 0 unspecified atom stereocenters. The predicted molar refractivity (Wildman–Crippen MR) is 67.2 cm³/mol. The van der Waals surface area contributed by atoms with Gasteiger partial charge in [0, 0.05) is 0 Å². The van der Waals surface area contributed by atoms with Crippen molar-refractivity contribution in [3.63, 3.8) is 0 Å². The van der Waals surface area contributed by atoms with Gasteiger partial charge in [0.15, 0.2) is 0 Å². The van der Waals surface area contributed by atoms with Gasteiger partial charge in [-0.1, -0.05) is 25.8 Å². The molecule has 2 heteroatoms. The first-order valence-corrected chi connectivity index (χ1v) is 6.19. The lowest BCUT2D eigenvalue weighted by Gasteiger charge is -2.07. The summed E-state index contributed by atoms with van der Waals surface area (Å²) in [4.78, 5) is 0. The van der Waals surface area contributed by atoms with Crippen molar-refractivity contribution in [3.05, 3.63) is 35.1 Å². The van der Waals surface area contributed by atoms with Crippen LogP contribution in [-0.2, 0) is 6.42 Å². The van der Waals surface area contributed by atoms with Crippen molar-refractivity contribution in [2.45, 2.75) is 39.5 Å². The molecule has 1 aromatic carbocycles. The van der Waals surface area contributed by atoms with Gasteiger partial charge in [-0.25, -0.2) is 4.39 Å². The van der Waals surface area contributed by atoms with Crippen LogP contribution in [0.5, 0.6) is 0 Å². The van der Waals surface area contributed by atoms with Crippen molar-refractivity contribution in [2.75, 3.05) is 13.1 Å². The molecule has 0 fully saturated rings. The number of halogens is 1. The summed E-state index contributed by atoms with van der Waals surface area (Å²) in [6.07, 6.45) is 4.79. The highest BCUT2D eigenvalue weighted by atomic mass is 19.1. The Labute approximate surface area is 98.1 Å². The van der Waals surface area contributed by atoms with Gasteiger partial charge in [0.05, 0.1) is 0 Å². The molecule has 16 heavy (non-hydrogen) atoms. The van der Waals surface area contributed by atoms with Gasteiger partial charge < -0.3 is 5.32 Å². The van der Waals surface area contributed by atoms with Crippen LogP contribution < -0.4 is 5.32 Å². The van der Waals surface area contributed by atoms with Gasteiger partial charge in [-0.15, -0.1) is 0 Å². The minimum atomic E-state index is -0.142. The molecule has 1 aromatic rings. The maximum Gasteiger partial charge on any atom is 0.123 e. The summed E-state index contributed by atoms with van der Waals surface area (Å²) in [7, 11) is 0. The van der Waals surface area contributed by atoms with E-state index in [9.17, 15) is 4.39 Å². The first-order valence-electron chi connectivity index (χ1n) is 6.19. The van der Waals surface area contributed by atoms with Gasteiger partial charge in [0.2, 0.25) is 0 Å². The monoisotopic (exact) mass is 223 g/mol. The van der Waals surface area contributed by atoms with Crippen molar-refractivity contribution in [1.82, 2.24) is 5.32 Å². The molecule has 1 nitrogen and oxygen atoms in total. The summed E-state index contributed by atoms with van der Waals surface area (Å²) >= 11 is 0. The summed E-state index contributed by atoms with van der Waals surface area (Å²) in [5, 5.41) is 3.42. The molecule has 0 radical (unpaired) electrons. The fourth-order valence-corrected chi connectivity index (χ4v) is 1.79. The molecule has 0 aromatic heterocycles. The van der Waals surface area contributed by atoms with Crippen LogP contribution >= 0.6 is 0 Å². The van der Waals surface area contributed by atoms with E-state index in [1.165, 1.54) is 24.8 Å². The maximum absolute atomic E-state index is 12.9. The fraction of sp³-hybridized carbons (Fsp3) is 0.571. The molecule has 0 atom stereocenters. The molecule has 0 aliphatic rings. The number of hydrogen-bond acceptors (Lipinski definition) is 1. The highest BCUT2D eigenvalue weighted by Crippen LogP contribution is 2.10. The smallest absolute Gasteiger partial charge is 0.123 e. The zero-order valence-corrected chi connectivity index (χ0v) is 10.4. The van der Waals surface area contributed by atoms with Gasteiger partial charge in [-0.05, 0) is 56.1 Å². The first-order chi connectivity index (χ1) is 7.74. The number of nitrogens with one attached hydrogen (secondary N) is 1. The van der Waals surface area contributed by atoms with Gasteiger partial charge >= 0.3 is 0 Å². The quantitative estimate of drug-likeness (QED) is 0.698. The summed E-state index contributed by atoms with van der Waals surface area (Å²) in [6.45, 7) is 6.25. The predicted octanol–water partition coefficient (Wildman–Crippen LogP) is 3.46. The highest BCUT2D eigenvalue weighted by Gasteiger charge is 1.99. The Balaban J connectivity index is 2.21. The Hall–Kier alpha value is -0.890. The van der Waals surface area contributed by atoms with Crippen LogP contribution in [0.3, 0.4) is 0 Å². The molecular weight excluding hydrogens is 201 g/mol. The SMILES string of the molecule is CCCCCNCCc1ccc(F)cc1C. The third-order valence-corrected chi connectivity index (χ3v) is 2.83. The Bertz CT molecular complexity index is 310. The van der Waals surface area contributed by atoms with Crippen LogP contribution in [0.15, 0.2) is 18.2 Å². The molecular formula is C14H22FN. The van der Waals surface area contributed by atoms with E-state index in [2.05, 4.69) is 12.2 Å². The van der Waals surface area contributed by atoms with E-state index in [4.69, 9.17) is 0 Å². The standard InChI is InChI=1S/C14H22FN/c1-3-4-5-9-16-10-8-13-6-7-14(15)11-12(13)2/h6-7,11,16H,3-5,8-10H2,1-2H3.